The molecule has 0 spiro atoms. The van der Waals surface area contributed by atoms with Gasteiger partial charge in [0.1, 0.15) is 5.82 Å². The van der Waals surface area contributed by atoms with Gasteiger partial charge in [-0.3, -0.25) is 9.20 Å². The van der Waals surface area contributed by atoms with Gasteiger partial charge < -0.3 is 10.6 Å². The number of nitrogens with one attached hydrogen (secondary N) is 2. The molecule has 1 atom stereocenters. The van der Waals surface area contributed by atoms with Gasteiger partial charge in [-0.25, -0.2) is 4.98 Å². The molecule has 0 radical (unpaired) electrons. The van der Waals surface area contributed by atoms with Crippen LogP contribution in [0.5, 0.6) is 0 Å². The molecule has 0 aliphatic heterocycles. The zero-order chi connectivity index (χ0) is 19.6. The lowest BCUT2D eigenvalue weighted by Crippen LogP contribution is -2.40. The number of rotatable bonds is 6. The predicted molar refractivity (Wildman–Crippen MR) is 108 cm³/mol. The number of aryl methyl sites for hydroxylation is 1. The molecule has 2 aromatic heterocycles. The summed E-state index contributed by atoms with van der Waals surface area (Å²) in [5, 5.41) is 17.1. The lowest BCUT2D eigenvalue weighted by molar-refractivity contribution is -0.129. The second kappa shape index (κ2) is 7.66. The molecule has 0 saturated carbocycles. The van der Waals surface area contributed by atoms with Crippen LogP contribution in [0.1, 0.15) is 59.2 Å². The average Bonchev–Trinajstić information content (AvgIpc) is 3.00. The number of nitrogens with zero attached hydrogens (tertiary/aromatic N) is 4. The number of hydrogen-bond donors (Lipinski definition) is 2. The van der Waals surface area contributed by atoms with Crippen LogP contribution in [0.3, 0.4) is 0 Å². The van der Waals surface area contributed by atoms with Crippen LogP contribution in [-0.2, 0) is 4.79 Å². The van der Waals surface area contributed by atoms with Gasteiger partial charge in [-0.15, -0.1) is 10.2 Å². The van der Waals surface area contributed by atoms with Crippen molar-refractivity contribution in [2.45, 2.75) is 66.3 Å². The zero-order valence-electron chi connectivity index (χ0n) is 17.0. The molecule has 0 fully saturated rings. The van der Waals surface area contributed by atoms with E-state index in [-0.39, 0.29) is 17.4 Å². The Kier molecular flexibility index (Phi) is 5.48. The van der Waals surface area contributed by atoms with E-state index in [0.29, 0.717) is 0 Å². The largest absolute Gasteiger partial charge is 0.367 e. The molecule has 146 valence electrons. The van der Waals surface area contributed by atoms with E-state index in [0.717, 1.165) is 60.2 Å². The van der Waals surface area contributed by atoms with E-state index < -0.39 is 0 Å². The summed E-state index contributed by atoms with van der Waals surface area (Å²) < 4.78 is 2.08. The Hall–Kier alpha value is -2.44. The zero-order valence-corrected chi connectivity index (χ0v) is 17.0. The van der Waals surface area contributed by atoms with Gasteiger partial charge in [0, 0.05) is 18.0 Å². The van der Waals surface area contributed by atoms with Crippen LogP contribution in [0.2, 0.25) is 0 Å². The molecule has 2 N–H and O–H groups in total. The van der Waals surface area contributed by atoms with Crippen molar-refractivity contribution in [3.8, 4) is 0 Å². The van der Waals surface area contributed by atoms with Gasteiger partial charge in [0.05, 0.1) is 10.7 Å². The summed E-state index contributed by atoms with van der Waals surface area (Å²) in [7, 11) is 0. The molecule has 7 nitrogen and oxygen atoms in total. The van der Waals surface area contributed by atoms with Gasteiger partial charge in [0.15, 0.2) is 5.82 Å². The summed E-state index contributed by atoms with van der Waals surface area (Å²) in [5.41, 5.74) is 0.413. The van der Waals surface area contributed by atoms with Crippen LogP contribution in [0.15, 0.2) is 0 Å². The molecular weight excluding hydrogens is 340 g/mol. The van der Waals surface area contributed by atoms with Crippen molar-refractivity contribution in [1.29, 1.82) is 0 Å². The number of fused-ring (bicyclic) bond motifs is 3. The summed E-state index contributed by atoms with van der Waals surface area (Å²) in [6.45, 7) is 10.6. The highest BCUT2D eigenvalue weighted by molar-refractivity contribution is 5.81. The molecule has 0 saturated heterocycles. The molecule has 2 heterocycles. The Labute approximate surface area is 160 Å². The van der Waals surface area contributed by atoms with Crippen molar-refractivity contribution < 1.29 is 4.79 Å². The van der Waals surface area contributed by atoms with Gasteiger partial charge in [-0.2, -0.15) is 0 Å². The maximum Gasteiger partial charge on any atom is 0.225 e. The van der Waals surface area contributed by atoms with E-state index in [9.17, 15) is 4.79 Å². The van der Waals surface area contributed by atoms with Crippen LogP contribution < -0.4 is 21.3 Å². The highest BCUT2D eigenvalue weighted by Gasteiger charge is 2.22. The normalized spacial score (nSPS) is 14.9. The molecule has 7 heteroatoms. The Balaban J connectivity index is 1.64. The Morgan fingerprint density at radius 3 is 2.74 bits per heavy atom. The predicted octanol–water partition coefficient (Wildman–Crippen LogP) is 1.53. The number of hydrogen-bond acceptors (Lipinski definition) is 5. The summed E-state index contributed by atoms with van der Waals surface area (Å²) in [6.07, 6.45) is 8.24. The third kappa shape index (κ3) is 4.28. The van der Waals surface area contributed by atoms with Crippen molar-refractivity contribution in [3.63, 3.8) is 0 Å². The van der Waals surface area contributed by atoms with E-state index in [2.05, 4.69) is 37.4 Å². The number of carbonyl (C=O) groups excluding carboxylic acids is 1. The van der Waals surface area contributed by atoms with Gasteiger partial charge in [0.25, 0.3) is 0 Å². The third-order valence-electron chi connectivity index (χ3n) is 4.78. The third-order valence-corrected chi connectivity index (χ3v) is 4.78. The van der Waals surface area contributed by atoms with E-state index in [4.69, 9.17) is 4.98 Å². The van der Waals surface area contributed by atoms with Crippen LogP contribution in [0.25, 0.3) is 17.8 Å². The molecule has 2 aromatic rings. The summed E-state index contributed by atoms with van der Waals surface area (Å²) in [4.78, 5) is 16.8. The first kappa shape index (κ1) is 19.3. The molecule has 1 aliphatic carbocycles. The smallest absolute Gasteiger partial charge is 0.225 e. The molecule has 1 aliphatic rings. The van der Waals surface area contributed by atoms with Crippen molar-refractivity contribution in [2.75, 3.05) is 11.9 Å². The molecule has 3 rings (SSSR count). The number of carbonyl (C=O) groups is 1. The van der Waals surface area contributed by atoms with Gasteiger partial charge in [-0.05, 0) is 39.5 Å². The van der Waals surface area contributed by atoms with E-state index in [1.807, 2.05) is 34.6 Å². The molecule has 0 aromatic carbocycles. The number of aromatic nitrogens is 4. The lowest BCUT2D eigenvalue weighted by Gasteiger charge is -2.22. The Bertz CT molecular complexity index is 953. The van der Waals surface area contributed by atoms with Crippen LogP contribution in [0.4, 0.5) is 5.82 Å². The fourth-order valence-electron chi connectivity index (χ4n) is 3.18. The minimum absolute atomic E-state index is 0.0896. The SMILES string of the molecule is Cc1nnc2c(NCCCC(C)NC(=O)C(C)(C)C)nc3c(n12)=CCCC=3. The van der Waals surface area contributed by atoms with E-state index >= 15 is 0 Å². The number of anilines is 1. The Morgan fingerprint density at radius 1 is 1.26 bits per heavy atom. The van der Waals surface area contributed by atoms with Gasteiger partial charge >= 0.3 is 0 Å². The fourth-order valence-corrected chi connectivity index (χ4v) is 3.18. The average molecular weight is 371 g/mol. The first-order valence-corrected chi connectivity index (χ1v) is 9.74. The quantitative estimate of drug-likeness (QED) is 0.754. The van der Waals surface area contributed by atoms with Crippen LogP contribution in [0, 0.1) is 12.3 Å². The monoisotopic (exact) mass is 370 g/mol. The standard InChI is InChI=1S/C20H30N6O/c1-13(22-19(27)20(3,4)5)9-8-12-21-17-18-25-24-14(2)26(18)16-11-7-6-10-15(16)23-17/h10-11,13H,6-9,12H2,1-5H3,(H,21,23)(H,22,27). The van der Waals surface area contributed by atoms with Crippen molar-refractivity contribution in [3.05, 3.63) is 16.5 Å². The second-order valence-corrected chi connectivity index (χ2v) is 8.32. The van der Waals surface area contributed by atoms with Crippen LogP contribution in [-0.4, -0.2) is 38.1 Å². The first-order valence-electron chi connectivity index (χ1n) is 9.74. The van der Waals surface area contributed by atoms with Crippen molar-refractivity contribution in [2.24, 2.45) is 5.41 Å². The summed E-state index contributed by atoms with van der Waals surface area (Å²) in [6, 6.07) is 0.147. The molecular formula is C20H30N6O. The first-order chi connectivity index (χ1) is 12.8. The maximum absolute atomic E-state index is 12.1. The Morgan fingerprint density at radius 2 is 2.00 bits per heavy atom. The number of amides is 1. The lowest BCUT2D eigenvalue weighted by atomic mass is 9.95. The van der Waals surface area contributed by atoms with E-state index in [1.54, 1.807) is 0 Å². The summed E-state index contributed by atoms with van der Waals surface area (Å²) in [5.74, 6) is 1.73. The van der Waals surface area contributed by atoms with Crippen LogP contribution >= 0.6 is 0 Å². The maximum atomic E-state index is 12.1. The molecule has 27 heavy (non-hydrogen) atoms. The van der Waals surface area contributed by atoms with E-state index in [1.165, 1.54) is 0 Å². The molecule has 1 unspecified atom stereocenters. The van der Waals surface area contributed by atoms with Gasteiger partial charge in [-0.1, -0.05) is 32.9 Å². The fraction of sp³-hybridized carbons (Fsp3) is 0.600. The highest BCUT2D eigenvalue weighted by Crippen LogP contribution is 2.14. The molecule has 1 amide bonds. The molecule has 0 bridgehead atoms. The topological polar surface area (TPSA) is 84.2 Å². The second-order valence-electron chi connectivity index (χ2n) is 8.32. The van der Waals surface area contributed by atoms with Gasteiger partial charge in [0.2, 0.25) is 11.6 Å². The van der Waals surface area contributed by atoms with Crippen molar-refractivity contribution in [1.82, 2.24) is 24.9 Å². The highest BCUT2D eigenvalue weighted by atomic mass is 16.2. The minimum atomic E-state index is -0.357. The minimum Gasteiger partial charge on any atom is -0.367 e. The summed E-state index contributed by atoms with van der Waals surface area (Å²) >= 11 is 0. The van der Waals surface area contributed by atoms with Crippen molar-refractivity contribution >= 4 is 29.5 Å².